The Morgan fingerprint density at radius 2 is 1.71 bits per heavy atom. The monoisotopic (exact) mass is 420 g/mol. The highest BCUT2D eigenvalue weighted by atomic mass is 16.4. The molecule has 1 aromatic heterocycles. The van der Waals surface area contributed by atoms with Crippen molar-refractivity contribution in [2.24, 2.45) is 0 Å². The molecule has 2 atom stereocenters. The molecule has 0 aliphatic carbocycles. The standard InChI is InChI=1S/C23H25N5O3/c1-18-11-15-28(23(30)31,17-19-7-3-2-4-8-19)16-14-26(18)22(29)20-9-5-6-10-21(20)27-24-12-13-25-27/h2-10,12-13,18H,11,14-17H2,1H3/p+1/t18-,28?/m1/s1. The lowest BCUT2D eigenvalue weighted by atomic mass is 10.1. The van der Waals surface area contributed by atoms with Gasteiger partial charge in [-0.3, -0.25) is 4.79 Å². The van der Waals surface area contributed by atoms with Gasteiger partial charge in [-0.1, -0.05) is 42.5 Å². The van der Waals surface area contributed by atoms with E-state index in [-0.39, 0.29) is 16.4 Å². The maximum absolute atomic E-state index is 13.5. The van der Waals surface area contributed by atoms with Gasteiger partial charge in [0.2, 0.25) is 0 Å². The summed E-state index contributed by atoms with van der Waals surface area (Å²) in [5, 5.41) is 18.4. The smallest absolute Gasteiger partial charge is 0.435 e. The highest BCUT2D eigenvalue weighted by Gasteiger charge is 2.42. The van der Waals surface area contributed by atoms with Crippen molar-refractivity contribution in [2.45, 2.75) is 25.9 Å². The summed E-state index contributed by atoms with van der Waals surface area (Å²) in [6.45, 7) is 3.57. The zero-order valence-corrected chi connectivity index (χ0v) is 17.5. The van der Waals surface area contributed by atoms with Crippen molar-refractivity contribution >= 4 is 12.0 Å². The van der Waals surface area contributed by atoms with Crippen molar-refractivity contribution in [1.82, 2.24) is 19.9 Å². The first-order valence-electron chi connectivity index (χ1n) is 10.4. The molecule has 1 aliphatic rings. The second-order valence-electron chi connectivity index (χ2n) is 7.99. The Kier molecular flexibility index (Phi) is 5.81. The molecule has 0 radical (unpaired) electrons. The van der Waals surface area contributed by atoms with Gasteiger partial charge in [-0.05, 0) is 19.1 Å². The molecule has 1 unspecified atom stereocenters. The zero-order valence-electron chi connectivity index (χ0n) is 17.5. The van der Waals surface area contributed by atoms with Crippen molar-refractivity contribution < 1.29 is 19.2 Å². The van der Waals surface area contributed by atoms with Crippen molar-refractivity contribution in [3.63, 3.8) is 0 Å². The van der Waals surface area contributed by atoms with E-state index in [0.29, 0.717) is 43.9 Å². The summed E-state index contributed by atoms with van der Waals surface area (Å²) >= 11 is 0. The lowest BCUT2D eigenvalue weighted by Gasteiger charge is -2.31. The molecule has 1 fully saturated rings. The van der Waals surface area contributed by atoms with E-state index in [1.54, 1.807) is 23.4 Å². The number of rotatable bonds is 4. The molecule has 1 saturated heterocycles. The van der Waals surface area contributed by atoms with E-state index < -0.39 is 6.09 Å². The van der Waals surface area contributed by atoms with Crippen LogP contribution in [0.1, 0.15) is 29.3 Å². The van der Waals surface area contributed by atoms with Crippen LogP contribution in [0, 0.1) is 0 Å². The summed E-state index contributed by atoms with van der Waals surface area (Å²) in [5.41, 5.74) is 2.09. The average Bonchev–Trinajstić information content (AvgIpc) is 3.27. The molecule has 8 nitrogen and oxygen atoms in total. The number of hydrogen-bond donors (Lipinski definition) is 1. The molecule has 0 saturated carbocycles. The van der Waals surface area contributed by atoms with Crippen LogP contribution in [-0.2, 0) is 6.54 Å². The fraction of sp³-hybridized carbons (Fsp3) is 0.304. The lowest BCUT2D eigenvalue weighted by Crippen LogP contribution is -2.53. The summed E-state index contributed by atoms with van der Waals surface area (Å²) in [6.07, 6.45) is 2.88. The summed E-state index contributed by atoms with van der Waals surface area (Å²) in [7, 11) is 0. The second-order valence-corrected chi connectivity index (χ2v) is 7.99. The van der Waals surface area contributed by atoms with Crippen LogP contribution in [-0.4, -0.2) is 67.2 Å². The third kappa shape index (κ3) is 4.20. The van der Waals surface area contributed by atoms with Gasteiger partial charge >= 0.3 is 6.09 Å². The minimum absolute atomic E-state index is 0.0822. The number of carbonyl (C=O) groups is 2. The van der Waals surface area contributed by atoms with E-state index in [2.05, 4.69) is 10.2 Å². The maximum atomic E-state index is 13.5. The Bertz CT molecular complexity index is 1050. The minimum atomic E-state index is -0.855. The van der Waals surface area contributed by atoms with Gasteiger partial charge in [-0.25, -0.2) is 4.48 Å². The Morgan fingerprint density at radius 1 is 1.03 bits per heavy atom. The third-order valence-electron chi connectivity index (χ3n) is 6.04. The Hall–Kier alpha value is -3.52. The van der Waals surface area contributed by atoms with Crippen LogP contribution >= 0.6 is 0 Å². The van der Waals surface area contributed by atoms with Crippen LogP contribution in [0.5, 0.6) is 0 Å². The number of carboxylic acid groups (broad SMARTS) is 1. The van der Waals surface area contributed by atoms with Gasteiger partial charge in [0.1, 0.15) is 13.1 Å². The first kappa shape index (κ1) is 20.7. The largest absolute Gasteiger partial charge is 0.513 e. The molecular weight excluding hydrogens is 394 g/mol. The predicted molar refractivity (Wildman–Crippen MR) is 115 cm³/mol. The molecule has 3 aromatic rings. The molecule has 2 amide bonds. The van der Waals surface area contributed by atoms with Gasteiger partial charge < -0.3 is 10.0 Å². The second kappa shape index (κ2) is 8.69. The number of hydrogen-bond acceptors (Lipinski definition) is 4. The highest BCUT2D eigenvalue weighted by molar-refractivity contribution is 5.97. The first-order valence-corrected chi connectivity index (χ1v) is 10.4. The van der Waals surface area contributed by atoms with E-state index in [1.807, 2.05) is 55.5 Å². The molecule has 160 valence electrons. The number of aromatic nitrogens is 3. The van der Waals surface area contributed by atoms with Gasteiger partial charge in [-0.2, -0.15) is 19.8 Å². The summed E-state index contributed by atoms with van der Waals surface area (Å²) in [4.78, 5) is 29.1. The molecule has 1 N–H and O–H groups in total. The van der Waals surface area contributed by atoms with Gasteiger partial charge in [0.05, 0.1) is 36.7 Å². The maximum Gasteiger partial charge on any atom is 0.513 e. The molecule has 2 aromatic carbocycles. The van der Waals surface area contributed by atoms with E-state index >= 15 is 0 Å². The molecular formula is C23H26N5O3+. The topological polar surface area (TPSA) is 88.3 Å². The van der Waals surface area contributed by atoms with Gasteiger partial charge in [0, 0.05) is 18.0 Å². The SMILES string of the molecule is C[C@@H]1CC[N+](Cc2ccccc2)(C(=O)O)CCN1C(=O)c1ccccc1-n1nccn1. The van der Waals surface area contributed by atoms with Gasteiger partial charge in [0.25, 0.3) is 5.91 Å². The molecule has 1 aliphatic heterocycles. The van der Waals surface area contributed by atoms with Gasteiger partial charge in [0.15, 0.2) is 0 Å². The molecule has 4 rings (SSSR count). The fourth-order valence-electron chi connectivity index (χ4n) is 4.20. The number of benzene rings is 2. The molecule has 0 bridgehead atoms. The average molecular weight is 420 g/mol. The van der Waals surface area contributed by atoms with Crippen LogP contribution in [0.4, 0.5) is 4.79 Å². The number of carbonyl (C=O) groups excluding carboxylic acids is 1. The lowest BCUT2D eigenvalue weighted by molar-refractivity contribution is -0.868. The molecule has 8 heteroatoms. The van der Waals surface area contributed by atoms with Crippen molar-refractivity contribution in [1.29, 1.82) is 0 Å². The van der Waals surface area contributed by atoms with Crippen molar-refractivity contribution in [3.05, 3.63) is 78.1 Å². The zero-order chi connectivity index (χ0) is 21.8. The third-order valence-corrected chi connectivity index (χ3v) is 6.04. The van der Waals surface area contributed by atoms with E-state index in [0.717, 1.165) is 5.56 Å². The van der Waals surface area contributed by atoms with Crippen molar-refractivity contribution in [2.75, 3.05) is 19.6 Å². The van der Waals surface area contributed by atoms with E-state index in [1.165, 1.54) is 4.80 Å². The normalized spacial score (nSPS) is 21.5. The van der Waals surface area contributed by atoms with Crippen LogP contribution in [0.3, 0.4) is 0 Å². The van der Waals surface area contributed by atoms with Gasteiger partial charge in [-0.15, -0.1) is 0 Å². The number of amides is 2. The fourth-order valence-corrected chi connectivity index (χ4v) is 4.20. The van der Waals surface area contributed by atoms with Crippen LogP contribution in [0.15, 0.2) is 67.0 Å². The summed E-state index contributed by atoms with van der Waals surface area (Å²) in [5.74, 6) is -0.134. The van der Waals surface area contributed by atoms with E-state index in [4.69, 9.17) is 0 Å². The molecule has 0 spiro atoms. The summed E-state index contributed by atoms with van der Waals surface area (Å²) in [6, 6.07) is 16.8. The Balaban J connectivity index is 1.60. The molecule has 2 heterocycles. The number of quaternary nitrogens is 1. The van der Waals surface area contributed by atoms with Crippen LogP contribution in [0.25, 0.3) is 5.69 Å². The van der Waals surface area contributed by atoms with E-state index in [9.17, 15) is 14.7 Å². The highest BCUT2D eigenvalue weighted by Crippen LogP contribution is 2.25. The number of para-hydroxylation sites is 1. The quantitative estimate of drug-likeness (QED) is 0.655. The Morgan fingerprint density at radius 3 is 2.42 bits per heavy atom. The molecule has 31 heavy (non-hydrogen) atoms. The van der Waals surface area contributed by atoms with Crippen LogP contribution < -0.4 is 0 Å². The predicted octanol–water partition coefficient (Wildman–Crippen LogP) is 3.20. The minimum Gasteiger partial charge on any atom is -0.435 e. The number of nitrogens with zero attached hydrogens (tertiary/aromatic N) is 5. The Labute approximate surface area is 180 Å². The van der Waals surface area contributed by atoms with Crippen molar-refractivity contribution in [3.8, 4) is 5.69 Å². The first-order chi connectivity index (χ1) is 15.0. The van der Waals surface area contributed by atoms with Crippen LogP contribution in [0.2, 0.25) is 0 Å². The summed E-state index contributed by atoms with van der Waals surface area (Å²) < 4.78 is -0.0828.